The van der Waals surface area contributed by atoms with Crippen LogP contribution in [-0.2, 0) is 9.59 Å². The number of carbonyl (C=O) groups excluding carboxylic acids is 1. The third-order valence-corrected chi connectivity index (χ3v) is 3.05. The zero-order valence-electron chi connectivity index (χ0n) is 9.72. The van der Waals surface area contributed by atoms with Gasteiger partial charge in [0.25, 0.3) is 0 Å². The number of carbonyl (C=O) groups is 2. The van der Waals surface area contributed by atoms with Crippen molar-refractivity contribution in [1.29, 1.82) is 0 Å². The lowest BCUT2D eigenvalue weighted by Gasteiger charge is -2.30. The number of amides is 1. The van der Waals surface area contributed by atoms with Crippen molar-refractivity contribution in [1.82, 2.24) is 4.90 Å². The standard InChI is InChI=1S/C11H19NO4/c1-7(2)9(4-11(15)16)12-5-8(6-13)3-10(12)14/h7-9,13H,3-6H2,1-2H3,(H,15,16). The monoisotopic (exact) mass is 229 g/mol. The molecule has 1 rings (SSSR count). The molecule has 1 saturated heterocycles. The van der Waals surface area contributed by atoms with Crippen LogP contribution in [0.4, 0.5) is 0 Å². The van der Waals surface area contributed by atoms with Crippen LogP contribution >= 0.6 is 0 Å². The van der Waals surface area contributed by atoms with Gasteiger partial charge in [-0.2, -0.15) is 0 Å². The fourth-order valence-corrected chi connectivity index (χ4v) is 2.14. The molecule has 2 atom stereocenters. The smallest absolute Gasteiger partial charge is 0.305 e. The van der Waals surface area contributed by atoms with E-state index in [2.05, 4.69) is 0 Å². The summed E-state index contributed by atoms with van der Waals surface area (Å²) >= 11 is 0. The normalized spacial score (nSPS) is 22.9. The Balaban J connectivity index is 2.71. The van der Waals surface area contributed by atoms with E-state index >= 15 is 0 Å². The maximum Gasteiger partial charge on any atom is 0.305 e. The summed E-state index contributed by atoms with van der Waals surface area (Å²) in [6.45, 7) is 4.28. The molecule has 5 nitrogen and oxygen atoms in total. The van der Waals surface area contributed by atoms with Gasteiger partial charge in [0.1, 0.15) is 0 Å². The molecule has 1 amide bonds. The molecule has 2 unspecified atom stereocenters. The summed E-state index contributed by atoms with van der Waals surface area (Å²) in [7, 11) is 0. The van der Waals surface area contributed by atoms with Crippen molar-refractivity contribution in [2.45, 2.75) is 32.7 Å². The largest absolute Gasteiger partial charge is 0.481 e. The van der Waals surface area contributed by atoms with E-state index in [0.717, 1.165) is 0 Å². The summed E-state index contributed by atoms with van der Waals surface area (Å²) in [5.41, 5.74) is 0. The summed E-state index contributed by atoms with van der Waals surface area (Å²) in [6.07, 6.45) is 0.306. The number of likely N-dealkylation sites (tertiary alicyclic amines) is 1. The van der Waals surface area contributed by atoms with Crippen LogP contribution in [-0.4, -0.2) is 46.2 Å². The van der Waals surface area contributed by atoms with Gasteiger partial charge in [-0.1, -0.05) is 13.8 Å². The number of carboxylic acids is 1. The first-order valence-electron chi connectivity index (χ1n) is 5.57. The highest BCUT2D eigenvalue weighted by atomic mass is 16.4. The molecule has 1 aliphatic heterocycles. The molecular weight excluding hydrogens is 210 g/mol. The number of rotatable bonds is 5. The SMILES string of the molecule is CC(C)C(CC(=O)O)N1CC(CO)CC1=O. The van der Waals surface area contributed by atoms with Crippen LogP contribution in [0.2, 0.25) is 0 Å². The number of aliphatic hydroxyl groups excluding tert-OH is 1. The predicted molar refractivity (Wildman–Crippen MR) is 57.8 cm³/mol. The summed E-state index contributed by atoms with van der Waals surface area (Å²) in [5, 5.41) is 17.8. The maximum absolute atomic E-state index is 11.7. The van der Waals surface area contributed by atoms with Gasteiger partial charge in [0.05, 0.1) is 6.42 Å². The quantitative estimate of drug-likeness (QED) is 0.712. The Morgan fingerprint density at radius 1 is 1.56 bits per heavy atom. The molecule has 5 heteroatoms. The lowest BCUT2D eigenvalue weighted by atomic mass is 9.99. The summed E-state index contributed by atoms with van der Waals surface area (Å²) in [6, 6.07) is -0.262. The zero-order chi connectivity index (χ0) is 12.3. The van der Waals surface area contributed by atoms with E-state index in [0.29, 0.717) is 13.0 Å². The molecule has 92 valence electrons. The molecule has 0 spiro atoms. The second-order valence-electron chi connectivity index (χ2n) is 4.71. The van der Waals surface area contributed by atoms with Crippen molar-refractivity contribution in [3.63, 3.8) is 0 Å². The molecule has 2 N–H and O–H groups in total. The summed E-state index contributed by atoms with van der Waals surface area (Å²) in [4.78, 5) is 24.0. The number of nitrogens with zero attached hydrogens (tertiary/aromatic N) is 1. The minimum atomic E-state index is -0.890. The first kappa shape index (κ1) is 13.0. The van der Waals surface area contributed by atoms with Crippen molar-refractivity contribution < 1.29 is 19.8 Å². The Bertz CT molecular complexity index is 277. The molecule has 1 fully saturated rings. The second kappa shape index (κ2) is 5.30. The fourth-order valence-electron chi connectivity index (χ4n) is 2.14. The first-order valence-corrected chi connectivity index (χ1v) is 5.57. The molecule has 0 aromatic carbocycles. The first-order chi connectivity index (χ1) is 7.45. The lowest BCUT2D eigenvalue weighted by molar-refractivity contribution is -0.140. The van der Waals surface area contributed by atoms with E-state index in [-0.39, 0.29) is 36.8 Å². The molecule has 0 saturated carbocycles. The van der Waals surface area contributed by atoms with Gasteiger partial charge in [0, 0.05) is 31.5 Å². The Labute approximate surface area is 95.1 Å². The van der Waals surface area contributed by atoms with Gasteiger partial charge in [-0.3, -0.25) is 9.59 Å². The van der Waals surface area contributed by atoms with E-state index in [1.807, 2.05) is 13.8 Å². The van der Waals surface area contributed by atoms with Crippen molar-refractivity contribution >= 4 is 11.9 Å². The van der Waals surface area contributed by atoms with Crippen molar-refractivity contribution in [2.24, 2.45) is 11.8 Å². The molecule has 0 radical (unpaired) electrons. The number of aliphatic carboxylic acids is 1. The van der Waals surface area contributed by atoms with Crippen LogP contribution in [0.3, 0.4) is 0 Å². The Morgan fingerprint density at radius 2 is 2.19 bits per heavy atom. The van der Waals surface area contributed by atoms with Crippen molar-refractivity contribution in [3.05, 3.63) is 0 Å². The Hall–Kier alpha value is -1.10. The second-order valence-corrected chi connectivity index (χ2v) is 4.71. The van der Waals surface area contributed by atoms with Gasteiger partial charge in [-0.05, 0) is 5.92 Å². The molecule has 1 aliphatic rings. The Morgan fingerprint density at radius 3 is 2.56 bits per heavy atom. The lowest BCUT2D eigenvalue weighted by Crippen LogP contribution is -2.41. The predicted octanol–water partition coefficient (Wildman–Crippen LogP) is 0.326. The van der Waals surface area contributed by atoms with Gasteiger partial charge in [0.15, 0.2) is 0 Å². The average Bonchev–Trinajstić information content (AvgIpc) is 2.55. The summed E-state index contributed by atoms with van der Waals surface area (Å²) < 4.78 is 0. The van der Waals surface area contributed by atoms with Crippen LogP contribution in [0.25, 0.3) is 0 Å². The van der Waals surface area contributed by atoms with E-state index in [4.69, 9.17) is 10.2 Å². The highest BCUT2D eigenvalue weighted by molar-refractivity contribution is 5.80. The molecule has 0 aromatic heterocycles. The van der Waals surface area contributed by atoms with Gasteiger partial charge in [-0.25, -0.2) is 0 Å². The average molecular weight is 229 g/mol. The highest BCUT2D eigenvalue weighted by Gasteiger charge is 2.36. The van der Waals surface area contributed by atoms with Crippen LogP contribution in [0.1, 0.15) is 26.7 Å². The van der Waals surface area contributed by atoms with E-state index in [1.54, 1.807) is 4.90 Å². The van der Waals surface area contributed by atoms with Gasteiger partial charge >= 0.3 is 5.97 Å². The van der Waals surface area contributed by atoms with Crippen LogP contribution in [0, 0.1) is 11.8 Å². The minimum Gasteiger partial charge on any atom is -0.481 e. The molecule has 0 bridgehead atoms. The molecule has 0 aromatic rings. The van der Waals surface area contributed by atoms with Crippen molar-refractivity contribution in [2.75, 3.05) is 13.2 Å². The third kappa shape index (κ3) is 2.95. The number of hydrogen-bond acceptors (Lipinski definition) is 3. The van der Waals surface area contributed by atoms with Gasteiger partial charge < -0.3 is 15.1 Å². The van der Waals surface area contributed by atoms with Gasteiger partial charge in [-0.15, -0.1) is 0 Å². The summed E-state index contributed by atoms with van der Waals surface area (Å²) in [5.74, 6) is -0.863. The van der Waals surface area contributed by atoms with Crippen LogP contribution in [0.15, 0.2) is 0 Å². The molecular formula is C11H19NO4. The maximum atomic E-state index is 11.7. The number of carboxylic acid groups (broad SMARTS) is 1. The number of hydrogen-bond donors (Lipinski definition) is 2. The highest BCUT2D eigenvalue weighted by Crippen LogP contribution is 2.24. The third-order valence-electron chi connectivity index (χ3n) is 3.05. The topological polar surface area (TPSA) is 77.8 Å². The van der Waals surface area contributed by atoms with E-state index in [1.165, 1.54) is 0 Å². The minimum absolute atomic E-state index is 0.0138. The molecule has 0 aliphatic carbocycles. The Kier molecular flexibility index (Phi) is 4.29. The van der Waals surface area contributed by atoms with E-state index < -0.39 is 5.97 Å². The molecule has 1 heterocycles. The van der Waals surface area contributed by atoms with Crippen LogP contribution in [0.5, 0.6) is 0 Å². The van der Waals surface area contributed by atoms with Crippen molar-refractivity contribution in [3.8, 4) is 0 Å². The molecule has 16 heavy (non-hydrogen) atoms. The number of aliphatic hydroxyl groups is 1. The van der Waals surface area contributed by atoms with E-state index in [9.17, 15) is 9.59 Å². The zero-order valence-corrected chi connectivity index (χ0v) is 9.72. The fraction of sp³-hybridized carbons (Fsp3) is 0.818. The van der Waals surface area contributed by atoms with Crippen LogP contribution < -0.4 is 0 Å². The van der Waals surface area contributed by atoms with Gasteiger partial charge in [0.2, 0.25) is 5.91 Å².